The molecule has 0 fully saturated rings. The van der Waals surface area contributed by atoms with E-state index in [0.717, 1.165) is 0 Å². The summed E-state index contributed by atoms with van der Waals surface area (Å²) >= 11 is 0. The topological polar surface area (TPSA) is 68.3 Å². The van der Waals surface area contributed by atoms with Crippen molar-refractivity contribution in [3.8, 4) is 0 Å². The van der Waals surface area contributed by atoms with E-state index < -0.39 is 7.14 Å². The van der Waals surface area contributed by atoms with E-state index in [1.54, 1.807) is 91.0 Å². The largest absolute Gasteiger partial charge is 0.322 e. The van der Waals surface area contributed by atoms with E-state index >= 15 is 0 Å². The van der Waals surface area contributed by atoms with Gasteiger partial charge in [0.1, 0.15) is 7.14 Å². The maximum Gasteiger partial charge on any atom is 0.170 e. The molecular formula is C24H21O4P. The van der Waals surface area contributed by atoms with Crippen molar-refractivity contribution >= 4 is 24.5 Å². The Hall–Kier alpha value is -3.10. The summed E-state index contributed by atoms with van der Waals surface area (Å²) in [6.45, 7) is 0. The molecule has 0 heterocycles. The van der Waals surface area contributed by atoms with Crippen molar-refractivity contribution in [3.05, 3.63) is 108 Å². The lowest BCUT2D eigenvalue weighted by Crippen LogP contribution is -2.19. The summed E-state index contributed by atoms with van der Waals surface area (Å²) < 4.78 is 13.7. The van der Waals surface area contributed by atoms with E-state index in [1.807, 2.05) is 0 Å². The fourth-order valence-corrected chi connectivity index (χ4v) is 5.55. The van der Waals surface area contributed by atoms with Crippen LogP contribution in [-0.4, -0.2) is 35.8 Å². The van der Waals surface area contributed by atoms with Gasteiger partial charge in [0.15, 0.2) is 17.3 Å². The molecule has 0 aliphatic rings. The van der Waals surface area contributed by atoms with Crippen LogP contribution in [0.5, 0.6) is 0 Å². The average molecular weight is 404 g/mol. The molecule has 0 aliphatic heterocycles. The zero-order valence-electron chi connectivity index (χ0n) is 15.9. The minimum absolute atomic E-state index is 0.311. The third-order valence-corrected chi connectivity index (χ3v) is 7.17. The Morgan fingerprint density at radius 3 is 0.966 bits per heavy atom. The van der Waals surface area contributed by atoms with Crippen LogP contribution >= 0.6 is 7.14 Å². The Kier molecular flexibility index (Phi) is 6.69. The Balaban J connectivity index is 1.85. The number of Topliss-reactive ketones (excluding diaryl/α,β-unsaturated/α-hetero) is 3. The monoisotopic (exact) mass is 404 g/mol. The molecule has 3 rings (SSSR count). The SMILES string of the molecule is O=C(CP(=O)(CC(=O)c1ccccc1)CC(=O)c1ccccc1)c1ccccc1. The van der Waals surface area contributed by atoms with Gasteiger partial charge >= 0.3 is 0 Å². The molecule has 0 amide bonds. The van der Waals surface area contributed by atoms with Crippen molar-refractivity contribution in [2.24, 2.45) is 0 Å². The van der Waals surface area contributed by atoms with Crippen LogP contribution in [-0.2, 0) is 4.57 Å². The molecule has 0 aromatic heterocycles. The molecule has 0 radical (unpaired) electrons. The van der Waals surface area contributed by atoms with Crippen LogP contribution in [0.25, 0.3) is 0 Å². The summed E-state index contributed by atoms with van der Waals surface area (Å²) in [6, 6.07) is 25.6. The number of carbonyl (C=O) groups excluding carboxylic acids is 3. The van der Waals surface area contributed by atoms with Gasteiger partial charge in [-0.3, -0.25) is 14.4 Å². The van der Waals surface area contributed by atoms with Gasteiger partial charge in [0.05, 0.1) is 18.5 Å². The van der Waals surface area contributed by atoms with Crippen molar-refractivity contribution in [2.75, 3.05) is 18.5 Å². The first-order chi connectivity index (χ1) is 14.0. The minimum atomic E-state index is -3.43. The van der Waals surface area contributed by atoms with Crippen LogP contribution in [0.1, 0.15) is 31.1 Å². The zero-order valence-corrected chi connectivity index (χ0v) is 16.8. The molecule has 3 aromatic carbocycles. The van der Waals surface area contributed by atoms with Gasteiger partial charge in [-0.2, -0.15) is 0 Å². The Morgan fingerprint density at radius 1 is 0.483 bits per heavy atom. The molecule has 0 spiro atoms. The van der Waals surface area contributed by atoms with Crippen LogP contribution in [0.3, 0.4) is 0 Å². The predicted molar refractivity (Wildman–Crippen MR) is 115 cm³/mol. The number of rotatable bonds is 9. The molecule has 0 bridgehead atoms. The predicted octanol–water partition coefficient (Wildman–Crippen LogP) is 5.00. The van der Waals surface area contributed by atoms with Gasteiger partial charge < -0.3 is 4.57 Å². The first-order valence-electron chi connectivity index (χ1n) is 9.29. The Bertz CT molecular complexity index is 907. The van der Waals surface area contributed by atoms with E-state index in [9.17, 15) is 18.9 Å². The highest BCUT2D eigenvalue weighted by atomic mass is 31.2. The van der Waals surface area contributed by atoms with Crippen molar-refractivity contribution in [2.45, 2.75) is 0 Å². The average Bonchev–Trinajstić information content (AvgIpc) is 2.75. The van der Waals surface area contributed by atoms with Gasteiger partial charge in [0, 0.05) is 16.7 Å². The normalized spacial score (nSPS) is 11.0. The van der Waals surface area contributed by atoms with Crippen molar-refractivity contribution < 1.29 is 18.9 Å². The molecule has 3 aromatic rings. The van der Waals surface area contributed by atoms with Gasteiger partial charge in [0.2, 0.25) is 0 Å². The highest BCUT2D eigenvalue weighted by Gasteiger charge is 2.32. The third kappa shape index (κ3) is 5.69. The lowest BCUT2D eigenvalue weighted by Gasteiger charge is -2.17. The molecular weight excluding hydrogens is 383 g/mol. The lowest BCUT2D eigenvalue weighted by molar-refractivity contribution is 0.102. The van der Waals surface area contributed by atoms with Crippen molar-refractivity contribution in [1.29, 1.82) is 0 Å². The molecule has 0 aliphatic carbocycles. The second-order valence-electron chi connectivity index (χ2n) is 6.90. The third-order valence-electron chi connectivity index (χ3n) is 4.58. The van der Waals surface area contributed by atoms with Crippen LogP contribution < -0.4 is 0 Å². The molecule has 0 unspecified atom stereocenters. The Labute approximate surface area is 170 Å². The fourth-order valence-electron chi connectivity index (χ4n) is 3.10. The summed E-state index contributed by atoms with van der Waals surface area (Å²) in [5, 5.41) is 0. The standard InChI is InChI=1S/C24H21O4P/c25-22(19-10-4-1-5-11-19)16-29(28,17-23(26)20-12-6-2-7-13-20)18-24(27)21-14-8-3-9-15-21/h1-15H,16-18H2. The molecule has 0 saturated heterocycles. The van der Waals surface area contributed by atoms with E-state index in [4.69, 9.17) is 0 Å². The molecule has 5 heteroatoms. The van der Waals surface area contributed by atoms with Crippen LogP contribution in [0.2, 0.25) is 0 Å². The van der Waals surface area contributed by atoms with Crippen molar-refractivity contribution in [1.82, 2.24) is 0 Å². The number of hydrogen-bond donors (Lipinski definition) is 0. The van der Waals surface area contributed by atoms with Gasteiger partial charge in [-0.15, -0.1) is 0 Å². The number of ketones is 3. The van der Waals surface area contributed by atoms with E-state index in [-0.39, 0.29) is 35.8 Å². The van der Waals surface area contributed by atoms with Gasteiger partial charge in [0.25, 0.3) is 0 Å². The quantitative estimate of drug-likeness (QED) is 0.372. The smallest absolute Gasteiger partial charge is 0.170 e. The van der Waals surface area contributed by atoms with E-state index in [2.05, 4.69) is 0 Å². The fraction of sp³-hybridized carbons (Fsp3) is 0.125. The number of carbonyl (C=O) groups is 3. The molecule has 146 valence electrons. The maximum atomic E-state index is 13.7. The second-order valence-corrected chi connectivity index (χ2v) is 9.96. The first kappa shape index (κ1) is 20.6. The van der Waals surface area contributed by atoms with Crippen molar-refractivity contribution in [3.63, 3.8) is 0 Å². The lowest BCUT2D eigenvalue weighted by atomic mass is 10.1. The highest BCUT2D eigenvalue weighted by Crippen LogP contribution is 2.47. The summed E-state index contributed by atoms with van der Waals surface area (Å²) in [5.74, 6) is -0.970. The summed E-state index contributed by atoms with van der Waals surface area (Å²) in [6.07, 6.45) is -0.934. The highest BCUT2D eigenvalue weighted by molar-refractivity contribution is 7.66. The van der Waals surface area contributed by atoms with Crippen LogP contribution in [0.4, 0.5) is 0 Å². The first-order valence-corrected chi connectivity index (χ1v) is 11.5. The Morgan fingerprint density at radius 2 is 0.724 bits per heavy atom. The number of benzene rings is 3. The van der Waals surface area contributed by atoms with Crippen LogP contribution in [0.15, 0.2) is 91.0 Å². The van der Waals surface area contributed by atoms with Crippen LogP contribution in [0, 0.1) is 0 Å². The molecule has 0 saturated carbocycles. The van der Waals surface area contributed by atoms with E-state index in [1.165, 1.54) is 0 Å². The number of hydrogen-bond acceptors (Lipinski definition) is 4. The minimum Gasteiger partial charge on any atom is -0.322 e. The van der Waals surface area contributed by atoms with E-state index in [0.29, 0.717) is 16.7 Å². The zero-order chi connectivity index (χ0) is 20.7. The summed E-state index contributed by atoms with van der Waals surface area (Å²) in [5.41, 5.74) is 1.27. The maximum absolute atomic E-state index is 13.7. The van der Waals surface area contributed by atoms with Gasteiger partial charge in [-0.05, 0) is 0 Å². The van der Waals surface area contributed by atoms with Gasteiger partial charge in [-0.25, -0.2) is 0 Å². The summed E-state index contributed by atoms with van der Waals surface area (Å²) in [4.78, 5) is 38.1. The molecule has 0 atom stereocenters. The summed E-state index contributed by atoms with van der Waals surface area (Å²) in [7, 11) is -3.43. The molecule has 29 heavy (non-hydrogen) atoms. The second kappa shape index (κ2) is 9.40. The molecule has 4 nitrogen and oxygen atoms in total. The molecule has 0 N–H and O–H groups in total. The van der Waals surface area contributed by atoms with Gasteiger partial charge in [-0.1, -0.05) is 91.0 Å².